The normalized spacial score (nSPS) is 28.1. The Hall–Kier alpha value is -0.850. The van der Waals surface area contributed by atoms with Gasteiger partial charge in [0.05, 0.1) is 0 Å². The Kier molecular flexibility index (Phi) is 3.07. The van der Waals surface area contributed by atoms with E-state index in [1.165, 1.54) is 0 Å². The van der Waals surface area contributed by atoms with Crippen LogP contribution in [0.15, 0.2) is 24.8 Å². The van der Waals surface area contributed by atoms with E-state index in [1.54, 1.807) is 0 Å². The zero-order chi connectivity index (χ0) is 9.90. The highest BCUT2D eigenvalue weighted by Gasteiger charge is 2.37. The van der Waals surface area contributed by atoms with E-state index < -0.39 is 0 Å². The van der Waals surface area contributed by atoms with Gasteiger partial charge in [-0.15, -0.1) is 6.58 Å². The van der Waals surface area contributed by atoms with Crippen LogP contribution >= 0.6 is 0 Å². The molecular weight excluding hydrogens is 160 g/mol. The maximum Gasteiger partial charge on any atom is 0.158 e. The van der Waals surface area contributed by atoms with Crippen LogP contribution in [0.3, 0.4) is 0 Å². The maximum atomic E-state index is 11.3. The van der Waals surface area contributed by atoms with Gasteiger partial charge < -0.3 is 0 Å². The quantitative estimate of drug-likeness (QED) is 0.367. The smallest absolute Gasteiger partial charge is 0.158 e. The molecule has 1 saturated carbocycles. The van der Waals surface area contributed by atoms with Crippen molar-refractivity contribution in [1.29, 1.82) is 0 Å². The van der Waals surface area contributed by atoms with Crippen LogP contribution in [0.2, 0.25) is 0 Å². The van der Waals surface area contributed by atoms with Crippen LogP contribution in [0.1, 0.15) is 39.0 Å². The number of Topliss-reactive ketones (excluding diaryl/α,β-unsaturated/α-hetero) is 1. The minimum Gasteiger partial charge on any atom is -0.295 e. The highest BCUT2D eigenvalue weighted by atomic mass is 16.1. The van der Waals surface area contributed by atoms with E-state index in [0.717, 1.165) is 31.3 Å². The van der Waals surface area contributed by atoms with Gasteiger partial charge >= 0.3 is 0 Å². The molecule has 0 spiro atoms. The summed E-state index contributed by atoms with van der Waals surface area (Å²) in [6.45, 7) is 9.74. The topological polar surface area (TPSA) is 17.1 Å². The molecule has 72 valence electrons. The van der Waals surface area contributed by atoms with E-state index in [9.17, 15) is 4.79 Å². The Balaban J connectivity index is 2.51. The Labute approximate surface area is 80.5 Å². The lowest BCUT2D eigenvalue weighted by Crippen LogP contribution is -2.14. The van der Waals surface area contributed by atoms with Crippen LogP contribution in [0.4, 0.5) is 0 Å². The van der Waals surface area contributed by atoms with Crippen molar-refractivity contribution in [3.8, 4) is 0 Å². The molecule has 1 aliphatic rings. The predicted octanol–water partition coefficient (Wildman–Crippen LogP) is 3.27. The van der Waals surface area contributed by atoms with Crippen molar-refractivity contribution in [3.63, 3.8) is 0 Å². The molecule has 0 amide bonds. The number of hydrogen-bond acceptors (Lipinski definition) is 1. The molecule has 0 aromatic carbocycles. The third kappa shape index (κ3) is 2.09. The minimum atomic E-state index is 0.0834. The SMILES string of the molecule is C=CCCCC1(C)CCC(=O)C1=C. The molecule has 1 nitrogen and oxygen atoms in total. The molecule has 0 aromatic rings. The third-order valence-electron chi connectivity index (χ3n) is 3.11. The molecule has 1 fully saturated rings. The predicted molar refractivity (Wildman–Crippen MR) is 55.5 cm³/mol. The van der Waals surface area contributed by atoms with Gasteiger partial charge in [-0.2, -0.15) is 0 Å². The molecule has 0 saturated heterocycles. The molecule has 0 N–H and O–H groups in total. The first kappa shape index (κ1) is 10.2. The molecule has 1 rings (SSSR count). The Bertz CT molecular complexity index is 240. The number of ketones is 1. The van der Waals surface area contributed by atoms with Crippen molar-refractivity contribution in [1.82, 2.24) is 0 Å². The summed E-state index contributed by atoms with van der Waals surface area (Å²) in [7, 11) is 0. The molecule has 0 radical (unpaired) electrons. The second-order valence-electron chi connectivity index (χ2n) is 4.14. The number of hydrogen-bond donors (Lipinski definition) is 0. The van der Waals surface area contributed by atoms with E-state index in [1.807, 2.05) is 6.08 Å². The van der Waals surface area contributed by atoms with Crippen molar-refractivity contribution in [2.45, 2.75) is 39.0 Å². The van der Waals surface area contributed by atoms with Crippen molar-refractivity contribution >= 4 is 5.78 Å². The van der Waals surface area contributed by atoms with E-state index in [2.05, 4.69) is 20.1 Å². The molecule has 13 heavy (non-hydrogen) atoms. The summed E-state index contributed by atoms with van der Waals surface area (Å²) in [5.74, 6) is 0.265. The average Bonchev–Trinajstić information content (AvgIpc) is 2.35. The van der Waals surface area contributed by atoms with Crippen molar-refractivity contribution in [2.24, 2.45) is 5.41 Å². The van der Waals surface area contributed by atoms with Gasteiger partial charge in [0.15, 0.2) is 5.78 Å². The summed E-state index contributed by atoms with van der Waals surface area (Å²) in [5, 5.41) is 0. The Morgan fingerprint density at radius 3 is 2.77 bits per heavy atom. The van der Waals surface area contributed by atoms with Gasteiger partial charge in [0.25, 0.3) is 0 Å². The molecule has 0 aromatic heterocycles. The molecular formula is C12H18O. The number of carbonyl (C=O) groups excluding carboxylic acids is 1. The van der Waals surface area contributed by atoms with Crippen LogP contribution in [-0.4, -0.2) is 5.78 Å². The van der Waals surface area contributed by atoms with E-state index in [4.69, 9.17) is 0 Å². The first-order valence-corrected chi connectivity index (χ1v) is 4.93. The zero-order valence-electron chi connectivity index (χ0n) is 8.44. The summed E-state index contributed by atoms with van der Waals surface area (Å²) >= 11 is 0. The summed E-state index contributed by atoms with van der Waals surface area (Å²) in [6.07, 6.45) is 6.85. The summed E-state index contributed by atoms with van der Waals surface area (Å²) in [6, 6.07) is 0. The van der Waals surface area contributed by atoms with Crippen LogP contribution in [0.5, 0.6) is 0 Å². The minimum absolute atomic E-state index is 0.0834. The van der Waals surface area contributed by atoms with Gasteiger partial charge in [0, 0.05) is 6.42 Å². The van der Waals surface area contributed by atoms with E-state index in [-0.39, 0.29) is 11.2 Å². The van der Waals surface area contributed by atoms with Gasteiger partial charge in [-0.1, -0.05) is 19.6 Å². The number of carbonyl (C=O) groups is 1. The van der Waals surface area contributed by atoms with Gasteiger partial charge in [-0.25, -0.2) is 0 Å². The highest BCUT2D eigenvalue weighted by molar-refractivity contribution is 5.98. The van der Waals surface area contributed by atoms with E-state index >= 15 is 0 Å². The first-order valence-electron chi connectivity index (χ1n) is 4.93. The second-order valence-corrected chi connectivity index (χ2v) is 4.14. The Morgan fingerprint density at radius 2 is 2.31 bits per heavy atom. The summed E-state index contributed by atoms with van der Waals surface area (Å²) in [4.78, 5) is 11.3. The molecule has 1 unspecified atom stereocenters. The molecule has 1 aliphatic carbocycles. The number of allylic oxidation sites excluding steroid dienone is 2. The van der Waals surface area contributed by atoms with Gasteiger partial charge in [-0.3, -0.25) is 4.79 Å². The fourth-order valence-corrected chi connectivity index (χ4v) is 1.94. The fraction of sp³-hybridized carbons (Fsp3) is 0.583. The maximum absolute atomic E-state index is 11.3. The second kappa shape index (κ2) is 3.91. The lowest BCUT2D eigenvalue weighted by Gasteiger charge is -2.23. The van der Waals surface area contributed by atoms with Gasteiger partial charge in [0.1, 0.15) is 0 Å². The molecule has 1 heteroatoms. The van der Waals surface area contributed by atoms with Crippen molar-refractivity contribution < 1.29 is 4.79 Å². The number of unbranched alkanes of at least 4 members (excludes halogenated alkanes) is 1. The zero-order valence-corrected chi connectivity index (χ0v) is 8.44. The van der Waals surface area contributed by atoms with Gasteiger partial charge in [-0.05, 0) is 36.7 Å². The fourth-order valence-electron chi connectivity index (χ4n) is 1.94. The average molecular weight is 178 g/mol. The number of rotatable bonds is 4. The molecule has 0 aliphatic heterocycles. The van der Waals surface area contributed by atoms with Crippen LogP contribution in [-0.2, 0) is 4.79 Å². The monoisotopic (exact) mass is 178 g/mol. The molecule has 0 heterocycles. The standard InChI is InChI=1S/C12H18O/c1-4-5-6-8-12(3)9-7-11(13)10(12)2/h4H,1-2,5-9H2,3H3. The van der Waals surface area contributed by atoms with Gasteiger partial charge in [0.2, 0.25) is 0 Å². The summed E-state index contributed by atoms with van der Waals surface area (Å²) < 4.78 is 0. The van der Waals surface area contributed by atoms with Crippen molar-refractivity contribution in [2.75, 3.05) is 0 Å². The van der Waals surface area contributed by atoms with Crippen LogP contribution in [0.25, 0.3) is 0 Å². The van der Waals surface area contributed by atoms with Crippen LogP contribution < -0.4 is 0 Å². The Morgan fingerprint density at radius 1 is 1.62 bits per heavy atom. The highest BCUT2D eigenvalue weighted by Crippen LogP contribution is 2.43. The lowest BCUT2D eigenvalue weighted by molar-refractivity contribution is -0.114. The van der Waals surface area contributed by atoms with Crippen LogP contribution in [0, 0.1) is 5.41 Å². The molecule has 1 atom stereocenters. The van der Waals surface area contributed by atoms with E-state index in [0.29, 0.717) is 6.42 Å². The summed E-state index contributed by atoms with van der Waals surface area (Å²) in [5.41, 5.74) is 0.927. The third-order valence-corrected chi connectivity index (χ3v) is 3.11. The largest absolute Gasteiger partial charge is 0.295 e. The van der Waals surface area contributed by atoms with Crippen molar-refractivity contribution in [3.05, 3.63) is 24.8 Å². The molecule has 0 bridgehead atoms. The lowest BCUT2D eigenvalue weighted by atomic mass is 9.80. The first-order chi connectivity index (χ1) is 6.10.